The fourth-order valence-corrected chi connectivity index (χ4v) is 12.4. The maximum atomic E-state index is 15.9. The van der Waals surface area contributed by atoms with Crippen LogP contribution in [0.4, 0.5) is 42.9 Å². The van der Waals surface area contributed by atoms with Crippen LogP contribution < -0.4 is 9.80 Å². The van der Waals surface area contributed by atoms with Crippen molar-refractivity contribution in [3.8, 4) is 11.1 Å². The molecule has 0 bridgehead atoms. The Morgan fingerprint density at radius 2 is 0.653 bits per heavy atom. The van der Waals surface area contributed by atoms with Gasteiger partial charge in [-0.25, -0.2) is 8.78 Å². The molecule has 2 heterocycles. The van der Waals surface area contributed by atoms with Gasteiger partial charge in [-0.15, -0.1) is 0 Å². The number of fused-ring (bicyclic) bond motifs is 13. The molecule has 0 saturated carbocycles. The zero-order valence-corrected chi connectivity index (χ0v) is 40.2. The molecule has 1 aliphatic carbocycles. The monoisotopic (exact) mass is 968 g/mol. The summed E-state index contributed by atoms with van der Waals surface area (Å²) in [6, 6.07) is 85.6. The highest BCUT2D eigenvalue weighted by Gasteiger charge is 2.49. The molecule has 1 aliphatic rings. The highest BCUT2D eigenvalue weighted by Crippen LogP contribution is 2.63. The Morgan fingerprint density at radius 3 is 1.08 bits per heavy atom. The molecule has 14 aromatic rings. The largest absolute Gasteiger partial charge is 0.454 e. The predicted octanol–water partition coefficient (Wildman–Crippen LogP) is 19.4. The molecule has 15 rings (SSSR count). The van der Waals surface area contributed by atoms with Crippen LogP contribution in [0, 0.1) is 11.6 Å². The van der Waals surface area contributed by atoms with Crippen LogP contribution in [0.5, 0.6) is 0 Å². The Kier molecular flexibility index (Phi) is 9.51. The van der Waals surface area contributed by atoms with Crippen molar-refractivity contribution in [3.63, 3.8) is 0 Å². The summed E-state index contributed by atoms with van der Waals surface area (Å²) >= 11 is 0. The number of anilines is 6. The molecule has 0 radical (unpaired) electrons. The fourth-order valence-electron chi connectivity index (χ4n) is 12.4. The van der Waals surface area contributed by atoms with Crippen LogP contribution in [-0.4, -0.2) is 0 Å². The van der Waals surface area contributed by atoms with Crippen molar-refractivity contribution in [1.29, 1.82) is 0 Å². The molecule has 75 heavy (non-hydrogen) atoms. The van der Waals surface area contributed by atoms with Gasteiger partial charge in [0, 0.05) is 43.7 Å². The summed E-state index contributed by atoms with van der Waals surface area (Å²) in [6.45, 7) is 0. The van der Waals surface area contributed by atoms with Crippen molar-refractivity contribution >= 4 is 99.5 Å². The minimum atomic E-state index is -0.956. The molecular weight excluding hydrogens is 927 g/mol. The van der Waals surface area contributed by atoms with Gasteiger partial charge in [0.2, 0.25) is 0 Å². The molecule has 354 valence electrons. The van der Waals surface area contributed by atoms with Crippen molar-refractivity contribution in [1.82, 2.24) is 0 Å². The topological polar surface area (TPSA) is 32.8 Å². The van der Waals surface area contributed by atoms with Crippen LogP contribution >= 0.6 is 0 Å². The molecule has 0 unspecified atom stereocenters. The lowest BCUT2D eigenvalue weighted by molar-refractivity contribution is 0.627. The van der Waals surface area contributed by atoms with E-state index < -0.39 is 5.41 Å². The number of nitrogens with zero attached hydrogens (tertiary/aromatic N) is 2. The molecule has 4 nitrogen and oxygen atoms in total. The van der Waals surface area contributed by atoms with Crippen LogP contribution in [0.3, 0.4) is 0 Å². The average molecular weight is 969 g/mol. The van der Waals surface area contributed by atoms with Gasteiger partial charge < -0.3 is 18.6 Å². The van der Waals surface area contributed by atoms with Crippen molar-refractivity contribution in [2.75, 3.05) is 9.80 Å². The summed E-state index contributed by atoms with van der Waals surface area (Å²) in [4.78, 5) is 4.34. The molecule has 12 aromatic carbocycles. The Bertz CT molecular complexity index is 4300. The quantitative estimate of drug-likeness (QED) is 0.152. The first kappa shape index (κ1) is 42.9. The number of hydrogen-bond donors (Lipinski definition) is 0. The SMILES string of the molecule is Fc1cccc(N(c2cc3c(c4ccccc24)-c2c(cc(N(c4cccc(F)c4)c4cccc5c4oc4ccccc45)c4ccccc24)C3(c2ccccc2)c2ccccc2)c2cccc3c2oc2ccccc23)c1. The van der Waals surface area contributed by atoms with E-state index >= 15 is 8.78 Å². The van der Waals surface area contributed by atoms with Gasteiger partial charge in [0.25, 0.3) is 0 Å². The number of para-hydroxylation sites is 4. The van der Waals surface area contributed by atoms with E-state index in [4.69, 9.17) is 8.83 Å². The van der Waals surface area contributed by atoms with E-state index in [1.807, 2.05) is 48.5 Å². The Labute approximate surface area is 430 Å². The smallest absolute Gasteiger partial charge is 0.159 e. The van der Waals surface area contributed by atoms with Crippen LogP contribution in [0.15, 0.2) is 264 Å². The average Bonchev–Trinajstić information content (AvgIpc) is 4.34. The standard InChI is InChI=1S/C69H42F2N2O2/c70-45-23-15-25-47(39-45)72(59-35-17-33-55-51-29-11-13-37-63(51)74-67(55)59)61-41-57-65(53-31-9-7-27-49(53)61)66-54-32-10-8-28-50(54)62(42-58(66)69(57,43-19-3-1-4-20-43)44-21-5-2-6-22-44)73(48-26-16-24-46(71)40-48)60-36-18-34-56-52-30-12-14-38-64(52)75-68(56)60/h1-42H. The molecule has 0 aliphatic heterocycles. The lowest BCUT2D eigenvalue weighted by atomic mass is 9.67. The van der Waals surface area contributed by atoms with Crippen LogP contribution in [-0.2, 0) is 5.41 Å². The number of rotatable bonds is 8. The molecule has 6 heteroatoms. The maximum absolute atomic E-state index is 15.9. The molecule has 2 aromatic heterocycles. The molecule has 0 amide bonds. The second kappa shape index (κ2) is 16.6. The van der Waals surface area contributed by atoms with Gasteiger partial charge in [-0.05, 0) is 117 Å². The summed E-state index contributed by atoms with van der Waals surface area (Å²) in [5, 5.41) is 7.94. The van der Waals surface area contributed by atoms with Gasteiger partial charge in [-0.3, -0.25) is 0 Å². The second-order valence-electron chi connectivity index (χ2n) is 19.3. The van der Waals surface area contributed by atoms with Gasteiger partial charge in [0.05, 0.1) is 28.2 Å². The first-order valence-electron chi connectivity index (χ1n) is 25.2. The number of furan rings is 2. The number of hydrogen-bond acceptors (Lipinski definition) is 4. The normalized spacial score (nSPS) is 12.8. The fraction of sp³-hybridized carbons (Fsp3) is 0.0145. The number of halogens is 2. The van der Waals surface area contributed by atoms with Gasteiger partial charge in [-0.1, -0.05) is 182 Å². The summed E-state index contributed by atoms with van der Waals surface area (Å²) in [5.41, 5.74) is 13.0. The van der Waals surface area contributed by atoms with Crippen molar-refractivity contribution < 1.29 is 17.6 Å². The van der Waals surface area contributed by atoms with Crippen molar-refractivity contribution in [3.05, 3.63) is 289 Å². The third-order valence-corrected chi connectivity index (χ3v) is 15.4. The lowest BCUT2D eigenvalue weighted by Crippen LogP contribution is -2.29. The minimum Gasteiger partial charge on any atom is -0.454 e. The molecule has 0 atom stereocenters. The third-order valence-electron chi connectivity index (χ3n) is 15.4. The van der Waals surface area contributed by atoms with Crippen molar-refractivity contribution in [2.24, 2.45) is 0 Å². The highest BCUT2D eigenvalue weighted by molar-refractivity contribution is 6.20. The van der Waals surface area contributed by atoms with Gasteiger partial charge in [-0.2, -0.15) is 0 Å². The maximum Gasteiger partial charge on any atom is 0.159 e. The van der Waals surface area contributed by atoms with E-state index in [1.165, 1.54) is 12.1 Å². The first-order valence-corrected chi connectivity index (χ1v) is 25.2. The zero-order chi connectivity index (χ0) is 49.8. The molecular formula is C69H42F2N2O2. The van der Waals surface area contributed by atoms with E-state index in [1.54, 1.807) is 24.3 Å². The van der Waals surface area contributed by atoms with E-state index in [2.05, 4.69) is 180 Å². The molecule has 0 N–H and O–H groups in total. The van der Waals surface area contributed by atoms with Crippen LogP contribution in [0.25, 0.3) is 76.5 Å². The van der Waals surface area contributed by atoms with Crippen molar-refractivity contribution in [2.45, 2.75) is 5.41 Å². The summed E-state index contributed by atoms with van der Waals surface area (Å²) in [5.74, 6) is -0.703. The molecule has 0 spiro atoms. The first-order chi connectivity index (χ1) is 37.0. The van der Waals surface area contributed by atoms with Crippen LogP contribution in [0.2, 0.25) is 0 Å². The lowest BCUT2D eigenvalue weighted by Gasteiger charge is -2.36. The summed E-state index contributed by atoms with van der Waals surface area (Å²) in [6.07, 6.45) is 0. The zero-order valence-electron chi connectivity index (χ0n) is 40.2. The molecule has 0 saturated heterocycles. The summed E-state index contributed by atoms with van der Waals surface area (Å²) < 4.78 is 45.4. The Morgan fingerprint density at radius 1 is 0.293 bits per heavy atom. The van der Waals surface area contributed by atoms with E-state index in [-0.39, 0.29) is 11.6 Å². The second-order valence-corrected chi connectivity index (χ2v) is 19.3. The number of benzene rings is 12. The van der Waals surface area contributed by atoms with Crippen LogP contribution in [0.1, 0.15) is 22.3 Å². The highest BCUT2D eigenvalue weighted by atomic mass is 19.1. The Balaban J connectivity index is 1.11. The van der Waals surface area contributed by atoms with Gasteiger partial charge >= 0.3 is 0 Å². The van der Waals surface area contributed by atoms with E-state index in [0.29, 0.717) is 22.5 Å². The Hall–Kier alpha value is -9.78. The molecule has 0 fully saturated rings. The predicted molar refractivity (Wildman–Crippen MR) is 303 cm³/mol. The minimum absolute atomic E-state index is 0.352. The van der Waals surface area contributed by atoms with E-state index in [0.717, 1.165) is 110 Å². The van der Waals surface area contributed by atoms with Gasteiger partial charge in [0.1, 0.15) is 22.8 Å². The van der Waals surface area contributed by atoms with E-state index in [9.17, 15) is 0 Å². The third kappa shape index (κ3) is 6.33. The summed E-state index contributed by atoms with van der Waals surface area (Å²) in [7, 11) is 0. The van der Waals surface area contributed by atoms with Gasteiger partial charge in [0.15, 0.2) is 11.2 Å².